The fraction of sp³-hybridized carbons (Fsp3) is 0.727. The van der Waals surface area contributed by atoms with E-state index in [0.29, 0.717) is 10.3 Å². The van der Waals surface area contributed by atoms with E-state index in [0.717, 1.165) is 26.1 Å². The van der Waals surface area contributed by atoms with Crippen LogP contribution in [-0.2, 0) is 7.05 Å². The Bertz CT molecular complexity index is 427. The van der Waals surface area contributed by atoms with Crippen LogP contribution in [0.15, 0.2) is 4.60 Å². The number of aryl methyl sites for hydroxylation is 1. The third-order valence-corrected chi connectivity index (χ3v) is 3.92. The summed E-state index contributed by atoms with van der Waals surface area (Å²) in [4.78, 5) is 16.9. The first kappa shape index (κ1) is 13.6. The molecule has 0 spiro atoms. The molecule has 6 nitrogen and oxygen atoms in total. The molecule has 1 aliphatic rings. The lowest BCUT2D eigenvalue weighted by atomic mass is 10.1. The number of carbonyl (C=O) groups excluding carboxylic acids is 1. The fourth-order valence-electron chi connectivity index (χ4n) is 2.31. The number of ketones is 1. The summed E-state index contributed by atoms with van der Waals surface area (Å²) in [6.07, 6.45) is 1.08. The molecule has 2 heterocycles. The van der Waals surface area contributed by atoms with Crippen LogP contribution in [0, 0.1) is 0 Å². The number of nitrogens with zero attached hydrogens (tertiary/aromatic N) is 5. The van der Waals surface area contributed by atoms with Crippen molar-refractivity contribution in [2.24, 2.45) is 7.05 Å². The van der Waals surface area contributed by atoms with Gasteiger partial charge in [0.2, 0.25) is 5.78 Å². The van der Waals surface area contributed by atoms with Crippen LogP contribution in [0.2, 0.25) is 0 Å². The van der Waals surface area contributed by atoms with Crippen LogP contribution in [-0.4, -0.2) is 70.3 Å². The third kappa shape index (κ3) is 2.62. The number of halogens is 1. The molecule has 1 saturated heterocycles. The van der Waals surface area contributed by atoms with Gasteiger partial charge >= 0.3 is 0 Å². The Morgan fingerprint density at radius 3 is 2.67 bits per heavy atom. The molecule has 0 N–H and O–H groups in total. The number of Topliss-reactive ketones (excluding diaryl/α,β-unsaturated/α-hetero) is 1. The van der Waals surface area contributed by atoms with Crippen LogP contribution >= 0.6 is 15.9 Å². The lowest BCUT2D eigenvalue weighted by Crippen LogP contribution is -2.44. The zero-order valence-electron chi connectivity index (χ0n) is 10.9. The van der Waals surface area contributed by atoms with Gasteiger partial charge in [0, 0.05) is 13.6 Å². The Hall–Kier alpha value is -0.790. The predicted octanol–water partition coefficient (Wildman–Crippen LogP) is 0.396. The van der Waals surface area contributed by atoms with Gasteiger partial charge in [0.25, 0.3) is 0 Å². The van der Waals surface area contributed by atoms with E-state index in [1.54, 1.807) is 7.05 Å². The summed E-state index contributed by atoms with van der Waals surface area (Å²) in [5, 5.41) is 7.74. The van der Waals surface area contributed by atoms with Crippen molar-refractivity contribution in [1.29, 1.82) is 0 Å². The lowest BCUT2D eigenvalue weighted by Gasteiger charge is -2.25. The molecule has 0 aliphatic carbocycles. The molecular weight excluding hydrogens is 298 g/mol. The first-order valence-electron chi connectivity index (χ1n) is 5.99. The number of rotatable bonds is 2. The highest BCUT2D eigenvalue weighted by Crippen LogP contribution is 2.18. The minimum absolute atomic E-state index is 0.0747. The maximum Gasteiger partial charge on any atom is 0.202 e. The molecule has 1 aromatic rings. The van der Waals surface area contributed by atoms with Crippen molar-refractivity contribution in [2.45, 2.75) is 12.5 Å². The number of aromatic nitrogens is 3. The number of hydrogen-bond acceptors (Lipinski definition) is 5. The molecule has 0 radical (unpaired) electrons. The maximum absolute atomic E-state index is 12.6. The SMILES string of the molecule is CN1CCCN(C)C(C(=O)c2c(Br)nnn2C)C1. The van der Waals surface area contributed by atoms with Crippen LogP contribution in [0.5, 0.6) is 0 Å². The Morgan fingerprint density at radius 2 is 2.06 bits per heavy atom. The molecule has 1 atom stereocenters. The van der Waals surface area contributed by atoms with E-state index in [9.17, 15) is 4.79 Å². The van der Waals surface area contributed by atoms with E-state index in [1.165, 1.54) is 4.68 Å². The summed E-state index contributed by atoms with van der Waals surface area (Å²) >= 11 is 3.29. The van der Waals surface area contributed by atoms with Crippen molar-refractivity contribution in [2.75, 3.05) is 33.7 Å². The molecule has 0 aromatic carbocycles. The van der Waals surface area contributed by atoms with Crippen molar-refractivity contribution in [3.63, 3.8) is 0 Å². The first-order chi connectivity index (χ1) is 8.50. The molecule has 0 bridgehead atoms. The molecule has 0 saturated carbocycles. The van der Waals surface area contributed by atoms with E-state index in [1.807, 2.05) is 7.05 Å². The topological polar surface area (TPSA) is 54.3 Å². The summed E-state index contributed by atoms with van der Waals surface area (Å²) in [6, 6.07) is -0.133. The lowest BCUT2D eigenvalue weighted by molar-refractivity contribution is 0.0828. The second kappa shape index (κ2) is 5.46. The average Bonchev–Trinajstić information content (AvgIpc) is 2.54. The normalized spacial score (nSPS) is 23.0. The van der Waals surface area contributed by atoms with Crippen LogP contribution < -0.4 is 0 Å². The minimum Gasteiger partial charge on any atom is -0.304 e. The highest BCUT2D eigenvalue weighted by molar-refractivity contribution is 9.10. The van der Waals surface area contributed by atoms with Gasteiger partial charge in [0.05, 0.1) is 6.04 Å². The predicted molar refractivity (Wildman–Crippen MR) is 71.6 cm³/mol. The Kier molecular flexibility index (Phi) is 4.14. The molecule has 1 fully saturated rings. The second-order valence-electron chi connectivity index (χ2n) is 4.83. The van der Waals surface area contributed by atoms with Gasteiger partial charge in [-0.2, -0.15) is 0 Å². The molecule has 7 heteroatoms. The number of hydrogen-bond donors (Lipinski definition) is 0. The van der Waals surface area contributed by atoms with E-state index in [2.05, 4.69) is 43.1 Å². The molecule has 1 aliphatic heterocycles. The van der Waals surface area contributed by atoms with Crippen LogP contribution in [0.1, 0.15) is 16.9 Å². The summed E-state index contributed by atoms with van der Waals surface area (Å²) < 4.78 is 2.06. The van der Waals surface area contributed by atoms with Gasteiger partial charge in [-0.05, 0) is 49.5 Å². The van der Waals surface area contributed by atoms with Crippen LogP contribution in [0.4, 0.5) is 0 Å². The van der Waals surface area contributed by atoms with Crippen LogP contribution in [0.25, 0.3) is 0 Å². The Balaban J connectivity index is 2.26. The van der Waals surface area contributed by atoms with Gasteiger partial charge in [0.1, 0.15) is 5.69 Å². The molecule has 1 unspecified atom stereocenters. The van der Waals surface area contributed by atoms with Crippen molar-refractivity contribution in [1.82, 2.24) is 24.8 Å². The van der Waals surface area contributed by atoms with Crippen molar-refractivity contribution < 1.29 is 4.79 Å². The van der Waals surface area contributed by atoms with Crippen molar-refractivity contribution in [3.05, 3.63) is 10.3 Å². The highest BCUT2D eigenvalue weighted by atomic mass is 79.9. The average molecular weight is 316 g/mol. The fourth-order valence-corrected chi connectivity index (χ4v) is 2.83. The minimum atomic E-state index is -0.133. The second-order valence-corrected chi connectivity index (χ2v) is 5.58. The van der Waals surface area contributed by atoms with Gasteiger partial charge in [0.15, 0.2) is 4.60 Å². The molecule has 100 valence electrons. The summed E-state index contributed by atoms with van der Waals surface area (Å²) in [7, 11) is 5.79. The van der Waals surface area contributed by atoms with Gasteiger partial charge in [-0.3, -0.25) is 9.69 Å². The number of likely N-dealkylation sites (N-methyl/N-ethyl adjacent to an activating group) is 2. The van der Waals surface area contributed by atoms with E-state index < -0.39 is 0 Å². The zero-order chi connectivity index (χ0) is 13.3. The molecular formula is C11H18BrN5O. The van der Waals surface area contributed by atoms with E-state index >= 15 is 0 Å². The first-order valence-corrected chi connectivity index (χ1v) is 6.78. The number of carbonyl (C=O) groups is 1. The Labute approximate surface area is 115 Å². The zero-order valence-corrected chi connectivity index (χ0v) is 12.5. The summed E-state index contributed by atoms with van der Waals surface area (Å²) in [5.74, 6) is 0.0747. The van der Waals surface area contributed by atoms with Gasteiger partial charge in [-0.25, -0.2) is 4.68 Å². The highest BCUT2D eigenvalue weighted by Gasteiger charge is 2.31. The van der Waals surface area contributed by atoms with E-state index in [-0.39, 0.29) is 11.8 Å². The van der Waals surface area contributed by atoms with Gasteiger partial charge < -0.3 is 4.90 Å². The molecule has 1 aromatic heterocycles. The quantitative estimate of drug-likeness (QED) is 0.739. The third-order valence-electron chi connectivity index (χ3n) is 3.39. The monoisotopic (exact) mass is 315 g/mol. The molecule has 0 amide bonds. The Morgan fingerprint density at radius 1 is 1.33 bits per heavy atom. The molecule has 18 heavy (non-hydrogen) atoms. The van der Waals surface area contributed by atoms with Gasteiger partial charge in [-0.15, -0.1) is 5.10 Å². The standard InChI is InChI=1S/C11H18BrN5O/c1-15-5-4-6-16(2)8(7-15)10(18)9-11(12)13-14-17(9)3/h8H,4-7H2,1-3H3. The maximum atomic E-state index is 12.6. The molecule has 2 rings (SSSR count). The van der Waals surface area contributed by atoms with Crippen molar-refractivity contribution >= 4 is 21.7 Å². The summed E-state index contributed by atoms with van der Waals surface area (Å²) in [6.45, 7) is 2.70. The largest absolute Gasteiger partial charge is 0.304 e. The summed E-state index contributed by atoms with van der Waals surface area (Å²) in [5.41, 5.74) is 0.544. The smallest absolute Gasteiger partial charge is 0.202 e. The van der Waals surface area contributed by atoms with E-state index in [4.69, 9.17) is 0 Å². The van der Waals surface area contributed by atoms with Crippen LogP contribution in [0.3, 0.4) is 0 Å². The van der Waals surface area contributed by atoms with Crippen molar-refractivity contribution in [3.8, 4) is 0 Å². The van der Waals surface area contributed by atoms with Gasteiger partial charge in [-0.1, -0.05) is 5.21 Å².